The van der Waals surface area contributed by atoms with Gasteiger partial charge in [-0.1, -0.05) is 64.4 Å². The molecular formula is C13H23B. The lowest BCUT2D eigenvalue weighted by Crippen LogP contribution is -2.30. The van der Waals surface area contributed by atoms with E-state index in [2.05, 4.69) is 54.8 Å². The molecule has 1 unspecified atom stereocenters. The molecule has 0 saturated carbocycles. The van der Waals surface area contributed by atoms with E-state index in [0.29, 0.717) is 0 Å². The molecule has 0 aromatic heterocycles. The summed E-state index contributed by atoms with van der Waals surface area (Å²) in [4.78, 5) is 0. The maximum absolute atomic E-state index is 3.89. The van der Waals surface area contributed by atoms with Gasteiger partial charge >= 0.3 is 0 Å². The molecule has 78 valence electrons. The lowest BCUT2D eigenvalue weighted by Gasteiger charge is -2.43. The Morgan fingerprint density at radius 1 is 1.29 bits per heavy atom. The third-order valence-electron chi connectivity index (χ3n) is 3.52. The van der Waals surface area contributed by atoms with E-state index in [1.165, 1.54) is 5.57 Å². The zero-order valence-electron chi connectivity index (χ0n) is 10.4. The molecule has 0 N–H and O–H groups in total. The summed E-state index contributed by atoms with van der Waals surface area (Å²) in [6.45, 7) is 16.7. The summed E-state index contributed by atoms with van der Waals surface area (Å²) >= 11 is 0. The Labute approximate surface area is 90.2 Å². The standard InChI is InChI=1S/C13H23B/c1-7-10-11(8-2)13(6,9-3)12(4,5)14/h7-8,10H,1-2,9,14H2,3-6H3/b11-10+. The van der Waals surface area contributed by atoms with Crippen molar-refractivity contribution < 1.29 is 0 Å². The fraction of sp³-hybridized carbons (Fsp3) is 0.538. The molecule has 0 aliphatic heterocycles. The lowest BCUT2D eigenvalue weighted by molar-refractivity contribution is 0.290. The van der Waals surface area contributed by atoms with Crippen molar-refractivity contribution in [2.45, 2.75) is 39.4 Å². The number of allylic oxidation sites excluding steroid dienone is 4. The number of hydrogen-bond donors (Lipinski definition) is 0. The van der Waals surface area contributed by atoms with Crippen molar-refractivity contribution >= 4 is 7.85 Å². The van der Waals surface area contributed by atoms with Crippen LogP contribution in [-0.2, 0) is 0 Å². The van der Waals surface area contributed by atoms with Crippen LogP contribution in [0.5, 0.6) is 0 Å². The zero-order chi connectivity index (χ0) is 11.4. The molecule has 0 aliphatic carbocycles. The Bertz CT molecular complexity index is 242. The summed E-state index contributed by atoms with van der Waals surface area (Å²) in [5, 5.41) is 0.241. The molecule has 0 fully saturated rings. The number of rotatable bonds is 5. The Kier molecular flexibility index (Phi) is 4.44. The quantitative estimate of drug-likeness (QED) is 0.459. The highest BCUT2D eigenvalue weighted by Crippen LogP contribution is 2.50. The Morgan fingerprint density at radius 3 is 2.00 bits per heavy atom. The van der Waals surface area contributed by atoms with Gasteiger partial charge in [-0.2, -0.15) is 0 Å². The minimum atomic E-state index is 0.170. The first-order valence-electron chi connectivity index (χ1n) is 5.29. The van der Waals surface area contributed by atoms with Gasteiger partial charge in [0, 0.05) is 0 Å². The van der Waals surface area contributed by atoms with Crippen molar-refractivity contribution in [3.05, 3.63) is 37.0 Å². The normalized spacial score (nSPS) is 17.3. The molecule has 14 heavy (non-hydrogen) atoms. The van der Waals surface area contributed by atoms with Crippen LogP contribution in [0.1, 0.15) is 34.1 Å². The van der Waals surface area contributed by atoms with Gasteiger partial charge in [0.2, 0.25) is 0 Å². The van der Waals surface area contributed by atoms with Gasteiger partial charge in [0.15, 0.2) is 0 Å². The van der Waals surface area contributed by atoms with E-state index in [4.69, 9.17) is 0 Å². The molecule has 0 rings (SSSR count). The fourth-order valence-electron chi connectivity index (χ4n) is 1.77. The summed E-state index contributed by atoms with van der Waals surface area (Å²) < 4.78 is 0. The molecular weight excluding hydrogens is 167 g/mol. The predicted octanol–water partition coefficient (Wildman–Crippen LogP) is 3.53. The van der Waals surface area contributed by atoms with Gasteiger partial charge in [-0.05, 0) is 17.4 Å². The zero-order valence-corrected chi connectivity index (χ0v) is 10.4. The van der Waals surface area contributed by atoms with Gasteiger partial charge in [-0.3, -0.25) is 0 Å². The van der Waals surface area contributed by atoms with Gasteiger partial charge in [0.25, 0.3) is 0 Å². The van der Waals surface area contributed by atoms with E-state index in [1.54, 1.807) is 0 Å². The Morgan fingerprint density at radius 2 is 1.79 bits per heavy atom. The van der Waals surface area contributed by atoms with E-state index < -0.39 is 0 Å². The fourth-order valence-corrected chi connectivity index (χ4v) is 1.77. The van der Waals surface area contributed by atoms with Crippen LogP contribution in [0.4, 0.5) is 0 Å². The van der Waals surface area contributed by atoms with E-state index in [9.17, 15) is 0 Å². The van der Waals surface area contributed by atoms with Crippen LogP contribution >= 0.6 is 0 Å². The van der Waals surface area contributed by atoms with Crippen LogP contribution in [-0.4, -0.2) is 7.85 Å². The van der Waals surface area contributed by atoms with Crippen LogP contribution < -0.4 is 0 Å². The third-order valence-corrected chi connectivity index (χ3v) is 3.52. The van der Waals surface area contributed by atoms with Crippen LogP contribution in [0.25, 0.3) is 0 Å². The van der Waals surface area contributed by atoms with Gasteiger partial charge < -0.3 is 0 Å². The average molecular weight is 190 g/mol. The van der Waals surface area contributed by atoms with Crippen molar-refractivity contribution in [3.63, 3.8) is 0 Å². The molecule has 0 nitrogen and oxygen atoms in total. The monoisotopic (exact) mass is 190 g/mol. The average Bonchev–Trinajstić information content (AvgIpc) is 2.11. The SMILES string of the molecule is BC(C)(C)C(C)(CC)/C(C=C)=C/C=C. The second kappa shape index (κ2) is 4.68. The van der Waals surface area contributed by atoms with Gasteiger partial charge in [-0.25, -0.2) is 0 Å². The lowest BCUT2D eigenvalue weighted by atomic mass is 9.51. The topological polar surface area (TPSA) is 0 Å². The van der Waals surface area contributed by atoms with Crippen molar-refractivity contribution in [1.82, 2.24) is 0 Å². The van der Waals surface area contributed by atoms with Crippen molar-refractivity contribution in [2.24, 2.45) is 5.41 Å². The van der Waals surface area contributed by atoms with Crippen molar-refractivity contribution in [2.75, 3.05) is 0 Å². The molecule has 0 heterocycles. The Hall–Kier alpha value is -0.715. The Balaban J connectivity index is 5.32. The van der Waals surface area contributed by atoms with Crippen LogP contribution in [0.15, 0.2) is 37.0 Å². The van der Waals surface area contributed by atoms with Crippen LogP contribution in [0.2, 0.25) is 5.31 Å². The summed E-state index contributed by atoms with van der Waals surface area (Å²) in [5.74, 6) is 0. The van der Waals surface area contributed by atoms with Crippen molar-refractivity contribution in [3.8, 4) is 0 Å². The molecule has 0 aromatic carbocycles. The highest BCUT2D eigenvalue weighted by Gasteiger charge is 2.37. The maximum atomic E-state index is 3.89. The molecule has 0 aromatic rings. The number of hydrogen-bond acceptors (Lipinski definition) is 0. The molecule has 1 atom stereocenters. The van der Waals surface area contributed by atoms with E-state index in [1.807, 2.05) is 12.2 Å². The highest BCUT2D eigenvalue weighted by molar-refractivity contribution is 6.15. The first-order chi connectivity index (χ1) is 6.33. The minimum Gasteiger partial charge on any atom is -0.0991 e. The molecule has 0 spiro atoms. The van der Waals surface area contributed by atoms with Gasteiger partial charge in [0.05, 0.1) is 0 Å². The second-order valence-electron chi connectivity index (χ2n) is 5.00. The van der Waals surface area contributed by atoms with Gasteiger partial charge in [0.1, 0.15) is 7.85 Å². The molecule has 1 heteroatoms. The van der Waals surface area contributed by atoms with E-state index in [0.717, 1.165) is 6.42 Å². The first kappa shape index (κ1) is 13.3. The highest BCUT2D eigenvalue weighted by atomic mass is 14.4. The molecule has 0 aliphatic rings. The van der Waals surface area contributed by atoms with Crippen molar-refractivity contribution in [1.29, 1.82) is 0 Å². The molecule has 0 amide bonds. The van der Waals surface area contributed by atoms with E-state index >= 15 is 0 Å². The summed E-state index contributed by atoms with van der Waals surface area (Å²) in [6.07, 6.45) is 6.98. The van der Waals surface area contributed by atoms with Gasteiger partial charge in [-0.15, -0.1) is 0 Å². The predicted molar refractivity (Wildman–Crippen MR) is 69.5 cm³/mol. The summed E-state index contributed by atoms with van der Waals surface area (Å²) in [5.41, 5.74) is 1.45. The molecule has 0 saturated heterocycles. The smallest absolute Gasteiger partial charge is 0.0991 e. The second-order valence-corrected chi connectivity index (χ2v) is 5.00. The van der Waals surface area contributed by atoms with Crippen LogP contribution in [0.3, 0.4) is 0 Å². The van der Waals surface area contributed by atoms with Crippen LogP contribution in [0, 0.1) is 5.41 Å². The third kappa shape index (κ3) is 2.40. The summed E-state index contributed by atoms with van der Waals surface area (Å²) in [7, 11) is 2.27. The largest absolute Gasteiger partial charge is 0.109 e. The molecule has 0 radical (unpaired) electrons. The first-order valence-corrected chi connectivity index (χ1v) is 5.29. The summed E-state index contributed by atoms with van der Waals surface area (Å²) in [6, 6.07) is 0. The molecule has 0 bridgehead atoms. The van der Waals surface area contributed by atoms with E-state index in [-0.39, 0.29) is 10.7 Å². The maximum Gasteiger partial charge on any atom is 0.109 e. The minimum absolute atomic E-state index is 0.170.